The largest absolute Gasteiger partial charge is 0.376 e. The molecule has 20 heavy (non-hydrogen) atoms. The smallest absolute Gasteiger partial charge is 0.152 e. The first kappa shape index (κ1) is 12.9. The first-order valence-electron chi connectivity index (χ1n) is 6.62. The molecule has 1 aromatic carbocycles. The van der Waals surface area contributed by atoms with Crippen molar-refractivity contribution in [2.24, 2.45) is 0 Å². The molecule has 0 fully saturated rings. The molecule has 3 rings (SSSR count). The molecular weight excluding hydrogens is 274 g/mol. The van der Waals surface area contributed by atoms with E-state index in [1.807, 2.05) is 0 Å². The molecule has 1 N–H and O–H groups in total. The summed E-state index contributed by atoms with van der Waals surface area (Å²) in [6.07, 6.45) is 3.35. The van der Waals surface area contributed by atoms with Crippen LogP contribution in [0.25, 0.3) is 0 Å². The van der Waals surface area contributed by atoms with Gasteiger partial charge in [-0.05, 0) is 31.0 Å². The summed E-state index contributed by atoms with van der Waals surface area (Å²) in [6.45, 7) is 1.53. The van der Waals surface area contributed by atoms with Gasteiger partial charge in [-0.15, -0.1) is 10.2 Å². The van der Waals surface area contributed by atoms with Crippen LogP contribution in [0, 0.1) is 11.3 Å². The summed E-state index contributed by atoms with van der Waals surface area (Å²) in [5, 5.41) is 21.2. The summed E-state index contributed by atoms with van der Waals surface area (Å²) in [6, 6.07) is 7.28. The minimum absolute atomic E-state index is 0.557. The van der Waals surface area contributed by atoms with Gasteiger partial charge in [0.1, 0.15) is 5.82 Å². The number of nitriles is 1. The Morgan fingerprint density at radius 1 is 1.35 bits per heavy atom. The molecule has 1 aromatic heterocycles. The third-order valence-corrected chi connectivity index (χ3v) is 3.80. The second kappa shape index (κ2) is 5.51. The van der Waals surface area contributed by atoms with Gasteiger partial charge in [-0.2, -0.15) is 5.26 Å². The number of hydrogen-bond acceptors (Lipinski definition) is 4. The van der Waals surface area contributed by atoms with Crippen molar-refractivity contribution in [3.05, 3.63) is 40.4 Å². The Kier molecular flexibility index (Phi) is 3.57. The number of nitrogens with zero attached hydrogens (tertiary/aromatic N) is 4. The van der Waals surface area contributed by atoms with Gasteiger partial charge in [-0.25, -0.2) is 0 Å². The van der Waals surface area contributed by atoms with Gasteiger partial charge in [0.2, 0.25) is 0 Å². The van der Waals surface area contributed by atoms with Crippen molar-refractivity contribution in [1.29, 1.82) is 5.26 Å². The fourth-order valence-electron chi connectivity index (χ4n) is 2.40. The Labute approximate surface area is 122 Å². The zero-order chi connectivity index (χ0) is 13.9. The molecule has 2 heterocycles. The fraction of sp³-hybridized carbons (Fsp3) is 0.357. The number of aryl methyl sites for hydroxylation is 1. The van der Waals surface area contributed by atoms with Crippen LogP contribution in [0.1, 0.15) is 30.1 Å². The van der Waals surface area contributed by atoms with Crippen LogP contribution in [-0.4, -0.2) is 14.8 Å². The van der Waals surface area contributed by atoms with Crippen molar-refractivity contribution in [2.45, 2.75) is 32.4 Å². The van der Waals surface area contributed by atoms with Gasteiger partial charge in [0.05, 0.1) is 28.9 Å². The van der Waals surface area contributed by atoms with Crippen LogP contribution in [0.3, 0.4) is 0 Å². The third-order valence-electron chi connectivity index (χ3n) is 3.47. The van der Waals surface area contributed by atoms with Gasteiger partial charge in [-0.1, -0.05) is 11.6 Å². The molecule has 0 unspecified atom stereocenters. The Morgan fingerprint density at radius 3 is 3.10 bits per heavy atom. The Morgan fingerprint density at radius 2 is 2.25 bits per heavy atom. The lowest BCUT2D eigenvalue weighted by atomic mass is 10.1. The van der Waals surface area contributed by atoms with E-state index < -0.39 is 0 Å². The van der Waals surface area contributed by atoms with Crippen LogP contribution >= 0.6 is 11.6 Å². The highest BCUT2D eigenvalue weighted by Crippen LogP contribution is 2.23. The molecule has 102 valence electrons. The summed E-state index contributed by atoms with van der Waals surface area (Å²) < 4.78 is 2.17. The van der Waals surface area contributed by atoms with E-state index >= 15 is 0 Å². The summed E-state index contributed by atoms with van der Waals surface area (Å²) in [4.78, 5) is 0. The molecular formula is C14H14ClN5. The van der Waals surface area contributed by atoms with E-state index in [4.69, 9.17) is 16.9 Å². The average Bonchev–Trinajstić information content (AvgIpc) is 2.90. The van der Waals surface area contributed by atoms with Gasteiger partial charge in [-0.3, -0.25) is 0 Å². The molecule has 1 aliphatic heterocycles. The average molecular weight is 288 g/mol. The van der Waals surface area contributed by atoms with Crippen LogP contribution in [0.5, 0.6) is 0 Å². The van der Waals surface area contributed by atoms with E-state index in [2.05, 4.69) is 26.2 Å². The molecule has 0 saturated carbocycles. The maximum absolute atomic E-state index is 8.92. The van der Waals surface area contributed by atoms with E-state index in [0.29, 0.717) is 17.1 Å². The van der Waals surface area contributed by atoms with E-state index in [-0.39, 0.29) is 0 Å². The SMILES string of the molecule is N#Cc1ccc(Cl)c(NCc2nnc3n2CCCC3)c1. The first-order chi connectivity index (χ1) is 9.78. The molecule has 1 aliphatic rings. The maximum Gasteiger partial charge on any atom is 0.152 e. The van der Waals surface area contributed by atoms with Crippen molar-refractivity contribution in [1.82, 2.24) is 14.8 Å². The van der Waals surface area contributed by atoms with Crippen molar-refractivity contribution in [3.63, 3.8) is 0 Å². The summed E-state index contributed by atoms with van der Waals surface area (Å²) in [7, 11) is 0. The topological polar surface area (TPSA) is 66.5 Å². The Bertz CT molecular complexity index is 671. The molecule has 0 atom stereocenters. The van der Waals surface area contributed by atoms with Crippen LogP contribution in [0.15, 0.2) is 18.2 Å². The first-order valence-corrected chi connectivity index (χ1v) is 7.00. The normalized spacial score (nSPS) is 13.6. The third kappa shape index (κ3) is 2.47. The molecule has 0 spiro atoms. The Hall–Kier alpha value is -2.06. The van der Waals surface area contributed by atoms with Gasteiger partial charge in [0, 0.05) is 13.0 Å². The number of hydrogen-bond donors (Lipinski definition) is 1. The number of anilines is 1. The lowest BCUT2D eigenvalue weighted by Gasteiger charge is -2.15. The van der Waals surface area contributed by atoms with Gasteiger partial charge < -0.3 is 9.88 Å². The molecule has 0 amide bonds. The van der Waals surface area contributed by atoms with Gasteiger partial charge in [0.25, 0.3) is 0 Å². The molecule has 5 nitrogen and oxygen atoms in total. The highest BCUT2D eigenvalue weighted by atomic mass is 35.5. The van der Waals surface area contributed by atoms with Crippen molar-refractivity contribution in [3.8, 4) is 6.07 Å². The molecule has 6 heteroatoms. The molecule has 0 aliphatic carbocycles. The van der Waals surface area contributed by atoms with Gasteiger partial charge in [0.15, 0.2) is 5.82 Å². The number of benzene rings is 1. The highest BCUT2D eigenvalue weighted by Gasteiger charge is 2.15. The minimum atomic E-state index is 0.557. The zero-order valence-electron chi connectivity index (χ0n) is 10.9. The lowest BCUT2D eigenvalue weighted by molar-refractivity contribution is 0.510. The molecule has 0 saturated heterocycles. The number of fused-ring (bicyclic) bond motifs is 1. The number of nitrogens with one attached hydrogen (secondary N) is 1. The Balaban J connectivity index is 1.77. The van der Waals surface area contributed by atoms with Gasteiger partial charge >= 0.3 is 0 Å². The van der Waals surface area contributed by atoms with Crippen LogP contribution in [0.4, 0.5) is 5.69 Å². The zero-order valence-corrected chi connectivity index (χ0v) is 11.7. The van der Waals surface area contributed by atoms with Crippen molar-refractivity contribution < 1.29 is 0 Å². The predicted octanol–water partition coefficient (Wildman–Crippen LogP) is 2.75. The predicted molar refractivity (Wildman–Crippen MR) is 76.5 cm³/mol. The highest BCUT2D eigenvalue weighted by molar-refractivity contribution is 6.33. The number of rotatable bonds is 3. The van der Waals surface area contributed by atoms with E-state index in [1.165, 1.54) is 12.8 Å². The summed E-state index contributed by atoms with van der Waals surface area (Å²) >= 11 is 6.12. The second-order valence-electron chi connectivity index (χ2n) is 4.80. The van der Waals surface area contributed by atoms with Crippen molar-refractivity contribution in [2.75, 3.05) is 5.32 Å². The van der Waals surface area contributed by atoms with Crippen LogP contribution in [0.2, 0.25) is 5.02 Å². The maximum atomic E-state index is 8.92. The second-order valence-corrected chi connectivity index (χ2v) is 5.21. The number of aromatic nitrogens is 3. The lowest BCUT2D eigenvalue weighted by Crippen LogP contribution is -2.15. The minimum Gasteiger partial charge on any atom is -0.376 e. The van der Waals surface area contributed by atoms with E-state index in [9.17, 15) is 0 Å². The summed E-state index contributed by atoms with van der Waals surface area (Å²) in [5.41, 5.74) is 1.33. The summed E-state index contributed by atoms with van der Waals surface area (Å²) in [5.74, 6) is 1.98. The van der Waals surface area contributed by atoms with Crippen molar-refractivity contribution >= 4 is 17.3 Å². The standard InChI is InChI=1S/C14H14ClN5/c15-11-5-4-10(8-16)7-12(11)17-9-14-19-18-13-3-1-2-6-20(13)14/h4-5,7,17H,1-3,6,9H2. The molecule has 2 aromatic rings. The number of halogens is 1. The van der Waals surface area contributed by atoms with Crippen LogP contribution < -0.4 is 5.32 Å². The quantitative estimate of drug-likeness (QED) is 0.942. The van der Waals surface area contributed by atoms with E-state index in [0.717, 1.165) is 30.3 Å². The van der Waals surface area contributed by atoms with E-state index in [1.54, 1.807) is 18.2 Å². The fourth-order valence-corrected chi connectivity index (χ4v) is 2.59. The van der Waals surface area contributed by atoms with Crippen LogP contribution in [-0.2, 0) is 19.5 Å². The molecule has 0 bridgehead atoms. The molecule has 0 radical (unpaired) electrons. The monoisotopic (exact) mass is 287 g/mol.